The van der Waals surface area contributed by atoms with Gasteiger partial charge in [0.15, 0.2) is 5.11 Å². The molecule has 1 rings (SSSR count). The van der Waals surface area contributed by atoms with Crippen molar-refractivity contribution in [3.05, 3.63) is 48.0 Å². The Hall–Kier alpha value is -2.74. The molecule has 0 atom stereocenters. The highest BCUT2D eigenvalue weighted by Gasteiger charge is 2.05. The number of carbonyl (C=O) groups is 3. The van der Waals surface area contributed by atoms with Crippen molar-refractivity contribution in [2.45, 2.75) is 13.3 Å². The molecule has 0 spiro atoms. The van der Waals surface area contributed by atoms with Crippen LogP contribution in [0.3, 0.4) is 0 Å². The Labute approximate surface area is 139 Å². The molecule has 1 aromatic carbocycles. The summed E-state index contributed by atoms with van der Waals surface area (Å²) in [5.41, 5.74) is 5.60. The third-order valence-corrected chi connectivity index (χ3v) is 2.62. The fourth-order valence-electron chi connectivity index (χ4n) is 1.47. The molecule has 0 saturated carbocycles. The van der Waals surface area contributed by atoms with Crippen LogP contribution in [0, 0.1) is 0 Å². The average Bonchev–Trinajstić information content (AvgIpc) is 2.52. The van der Waals surface area contributed by atoms with Gasteiger partial charge in [-0.25, -0.2) is 4.79 Å². The van der Waals surface area contributed by atoms with Gasteiger partial charge in [0.05, 0.1) is 13.0 Å². The molecule has 23 heavy (non-hydrogen) atoms. The van der Waals surface area contributed by atoms with E-state index in [-0.39, 0.29) is 24.0 Å². The van der Waals surface area contributed by atoms with E-state index in [2.05, 4.69) is 20.9 Å². The topological polar surface area (TPSA) is 96.5 Å². The molecule has 0 radical (unpaired) electrons. The van der Waals surface area contributed by atoms with Gasteiger partial charge in [-0.2, -0.15) is 0 Å². The molecule has 0 aliphatic rings. The third-order valence-electron chi connectivity index (χ3n) is 2.42. The molecule has 0 aromatic heterocycles. The maximum atomic E-state index is 11.7. The number of hydrogen-bond acceptors (Lipinski definition) is 5. The van der Waals surface area contributed by atoms with E-state index >= 15 is 0 Å². The predicted molar refractivity (Wildman–Crippen MR) is 87.9 cm³/mol. The highest BCUT2D eigenvalue weighted by Crippen LogP contribution is 1.98. The predicted octanol–water partition coefficient (Wildman–Crippen LogP) is 0.370. The van der Waals surface area contributed by atoms with Gasteiger partial charge in [0, 0.05) is 12.2 Å². The van der Waals surface area contributed by atoms with Gasteiger partial charge in [-0.05, 0) is 24.7 Å². The molecule has 0 heterocycles. The minimum absolute atomic E-state index is 0.0927. The van der Waals surface area contributed by atoms with E-state index in [1.54, 1.807) is 6.92 Å². The Balaban J connectivity index is 2.29. The van der Waals surface area contributed by atoms with E-state index in [0.29, 0.717) is 0 Å². The number of amides is 2. The Bertz CT molecular complexity index is 602. The van der Waals surface area contributed by atoms with Gasteiger partial charge in [0.2, 0.25) is 11.8 Å². The summed E-state index contributed by atoms with van der Waals surface area (Å²) >= 11 is 4.84. The van der Waals surface area contributed by atoms with Gasteiger partial charge in [0.25, 0.3) is 0 Å². The van der Waals surface area contributed by atoms with Crippen molar-refractivity contribution in [1.29, 1.82) is 0 Å². The molecular weight excluding hydrogens is 318 g/mol. The molecule has 7 nitrogen and oxygen atoms in total. The van der Waals surface area contributed by atoms with E-state index < -0.39 is 11.9 Å². The van der Waals surface area contributed by atoms with Crippen LogP contribution in [0.5, 0.6) is 0 Å². The number of esters is 1. The maximum absolute atomic E-state index is 11.7. The zero-order valence-corrected chi connectivity index (χ0v) is 13.3. The smallest absolute Gasteiger partial charge is 0.330 e. The quantitative estimate of drug-likeness (QED) is 0.311. The summed E-state index contributed by atoms with van der Waals surface area (Å²) < 4.78 is 4.62. The van der Waals surface area contributed by atoms with Gasteiger partial charge in [-0.15, -0.1) is 0 Å². The molecule has 122 valence electrons. The summed E-state index contributed by atoms with van der Waals surface area (Å²) in [5, 5.41) is 2.18. The highest BCUT2D eigenvalue weighted by atomic mass is 32.1. The van der Waals surface area contributed by atoms with E-state index in [4.69, 9.17) is 12.2 Å². The van der Waals surface area contributed by atoms with Gasteiger partial charge in [0.1, 0.15) is 0 Å². The molecule has 1 aromatic rings. The van der Waals surface area contributed by atoms with Crippen LogP contribution in [0.15, 0.2) is 42.5 Å². The minimum atomic E-state index is -0.627. The second kappa shape index (κ2) is 10.1. The monoisotopic (exact) mass is 335 g/mol. The molecule has 0 saturated heterocycles. The van der Waals surface area contributed by atoms with Gasteiger partial charge >= 0.3 is 5.97 Å². The largest absolute Gasteiger partial charge is 0.463 e. The van der Waals surface area contributed by atoms with Crippen LogP contribution >= 0.6 is 12.2 Å². The van der Waals surface area contributed by atoms with Crippen LogP contribution in [-0.2, 0) is 25.5 Å². The van der Waals surface area contributed by atoms with Crippen molar-refractivity contribution in [3.63, 3.8) is 0 Å². The molecular formula is C15H17N3O4S. The summed E-state index contributed by atoms with van der Waals surface area (Å²) in [5.74, 6) is -1.56. The second-order valence-electron chi connectivity index (χ2n) is 4.24. The first kappa shape index (κ1) is 18.3. The number of benzene rings is 1. The molecule has 0 fully saturated rings. The molecule has 0 aliphatic heterocycles. The van der Waals surface area contributed by atoms with E-state index in [0.717, 1.165) is 17.7 Å². The van der Waals surface area contributed by atoms with Crippen molar-refractivity contribution < 1.29 is 19.1 Å². The lowest BCUT2D eigenvalue weighted by atomic mass is 10.1. The number of rotatable bonds is 5. The Kier molecular flexibility index (Phi) is 8.01. The highest BCUT2D eigenvalue weighted by molar-refractivity contribution is 7.80. The van der Waals surface area contributed by atoms with Crippen LogP contribution in [0.25, 0.3) is 0 Å². The first-order valence-corrected chi connectivity index (χ1v) is 7.20. The molecule has 3 N–H and O–H groups in total. The molecule has 0 unspecified atom stereocenters. The van der Waals surface area contributed by atoms with Crippen LogP contribution in [0.4, 0.5) is 0 Å². The zero-order valence-electron chi connectivity index (χ0n) is 12.5. The molecule has 2 amide bonds. The zero-order chi connectivity index (χ0) is 17.1. The van der Waals surface area contributed by atoms with Gasteiger partial charge in [-0.1, -0.05) is 30.3 Å². The maximum Gasteiger partial charge on any atom is 0.330 e. The van der Waals surface area contributed by atoms with Crippen LogP contribution in [0.1, 0.15) is 12.5 Å². The van der Waals surface area contributed by atoms with Crippen molar-refractivity contribution >= 4 is 35.1 Å². The summed E-state index contributed by atoms with van der Waals surface area (Å²) in [4.78, 5) is 34.1. The van der Waals surface area contributed by atoms with Crippen molar-refractivity contribution in [1.82, 2.24) is 16.2 Å². The number of thiocarbonyl (C=S) groups is 1. The molecule has 0 bridgehead atoms. The average molecular weight is 335 g/mol. The van der Waals surface area contributed by atoms with E-state index in [9.17, 15) is 14.4 Å². The Morgan fingerprint density at radius 2 is 1.83 bits per heavy atom. The van der Waals surface area contributed by atoms with Crippen molar-refractivity contribution in [2.75, 3.05) is 6.61 Å². The fourth-order valence-corrected chi connectivity index (χ4v) is 1.62. The first-order chi connectivity index (χ1) is 11.0. The minimum Gasteiger partial charge on any atom is -0.463 e. The van der Waals surface area contributed by atoms with E-state index in [1.807, 2.05) is 30.3 Å². The van der Waals surface area contributed by atoms with Crippen LogP contribution in [0.2, 0.25) is 0 Å². The number of ether oxygens (including phenoxy) is 1. The van der Waals surface area contributed by atoms with Crippen LogP contribution < -0.4 is 16.2 Å². The van der Waals surface area contributed by atoms with Crippen molar-refractivity contribution in [2.24, 2.45) is 0 Å². The first-order valence-electron chi connectivity index (χ1n) is 6.79. The molecule has 0 aliphatic carbocycles. The van der Waals surface area contributed by atoms with Crippen LogP contribution in [-0.4, -0.2) is 29.5 Å². The summed E-state index contributed by atoms with van der Waals surface area (Å²) in [6, 6.07) is 9.15. The molecule has 8 heteroatoms. The number of carbonyl (C=O) groups excluding carboxylic acids is 3. The second-order valence-corrected chi connectivity index (χ2v) is 4.65. The van der Waals surface area contributed by atoms with Crippen molar-refractivity contribution in [3.8, 4) is 0 Å². The lowest BCUT2D eigenvalue weighted by Gasteiger charge is -2.09. The summed E-state index contributed by atoms with van der Waals surface area (Å²) in [6.45, 7) is 1.88. The third kappa shape index (κ3) is 8.32. The fraction of sp³-hybridized carbons (Fsp3) is 0.200. The normalized spacial score (nSPS) is 9.96. The Morgan fingerprint density at radius 3 is 2.48 bits per heavy atom. The lowest BCUT2D eigenvalue weighted by molar-refractivity contribution is -0.137. The number of hydrogen-bond donors (Lipinski definition) is 3. The lowest BCUT2D eigenvalue weighted by Crippen LogP contribution is -2.48. The number of hydrazine groups is 1. The van der Waals surface area contributed by atoms with Gasteiger partial charge < -0.3 is 4.74 Å². The standard InChI is InChI=1S/C15H17N3O4S/c1-2-22-14(21)9-8-12(19)16-15(23)18-17-13(20)10-11-6-4-3-5-7-11/h3-9H,2,10H2,1H3,(H,17,20)(H2,16,18,19,23). The Morgan fingerprint density at radius 1 is 1.13 bits per heavy atom. The number of nitrogens with one attached hydrogen (secondary N) is 3. The summed E-state index contributed by atoms with van der Waals surface area (Å²) in [7, 11) is 0. The van der Waals surface area contributed by atoms with Gasteiger partial charge in [-0.3, -0.25) is 25.8 Å². The SMILES string of the molecule is CCOC(=O)C=CC(=O)NC(=S)NNC(=O)Cc1ccccc1. The van der Waals surface area contributed by atoms with E-state index in [1.165, 1.54) is 0 Å². The summed E-state index contributed by atoms with van der Waals surface area (Å²) in [6.07, 6.45) is 2.14.